The highest BCUT2D eigenvalue weighted by Crippen LogP contribution is 2.59. The summed E-state index contributed by atoms with van der Waals surface area (Å²) in [5.74, 6) is 0.597. The van der Waals surface area contributed by atoms with Crippen LogP contribution < -0.4 is 10.5 Å². The highest BCUT2D eigenvalue weighted by molar-refractivity contribution is 6.74. The van der Waals surface area contributed by atoms with Gasteiger partial charge in [-0.1, -0.05) is 117 Å². The molecule has 1 saturated carbocycles. The molecule has 0 radical (unpaired) electrons. The Bertz CT molecular complexity index is 1450. The van der Waals surface area contributed by atoms with Crippen LogP contribution in [-0.2, 0) is 37.8 Å². The molecule has 0 bridgehead atoms. The standard InChI is InChI=1S/C43H71NO5Si2/c1-13-14-16-23-34(48-50(9,10)40(2,3)4)25-26-36-38(49-51(11,12)41(5,6)7)29-42(8)28-35-33(27-43(36,42)44)22-19-24-37(35)46-31-39(45)47-30-32-20-17-15-18-21-32/h15,17-22,24,34,36,38H,13-14,16,23,25-31,44H2,1-12H3/t34-,36-,38?,42-,43-/m0/s1. The SMILES string of the molecule is CCCCC[C@@H](CC[C@H]1C(O[Si](C)(C)C(C)(C)C)C[C@]2(C)Cc3c(cccc3OCC(=O)OCc3ccccc3)C[C@]12N)O[Si](C)(C)C(C)(C)C. The molecule has 2 aromatic rings. The second-order valence-electron chi connectivity index (χ2n) is 19.1. The maximum Gasteiger partial charge on any atom is 0.344 e. The summed E-state index contributed by atoms with van der Waals surface area (Å²) in [6, 6.07) is 16.0. The molecule has 0 aliphatic heterocycles. The van der Waals surface area contributed by atoms with Crippen LogP contribution in [0.25, 0.3) is 0 Å². The zero-order valence-corrected chi connectivity index (χ0v) is 36.2. The van der Waals surface area contributed by atoms with Gasteiger partial charge in [-0.05, 0) is 103 Å². The molecule has 1 unspecified atom stereocenters. The average molecular weight is 738 g/mol. The Morgan fingerprint density at radius 3 is 2.20 bits per heavy atom. The van der Waals surface area contributed by atoms with Gasteiger partial charge in [0.1, 0.15) is 12.4 Å². The van der Waals surface area contributed by atoms with Gasteiger partial charge in [0, 0.05) is 17.6 Å². The van der Waals surface area contributed by atoms with E-state index in [1.54, 1.807) is 0 Å². The van der Waals surface area contributed by atoms with Crippen LogP contribution in [0, 0.1) is 11.3 Å². The smallest absolute Gasteiger partial charge is 0.344 e. The zero-order chi connectivity index (χ0) is 37.9. The molecule has 4 rings (SSSR count). The molecule has 0 spiro atoms. The van der Waals surface area contributed by atoms with E-state index < -0.39 is 22.2 Å². The van der Waals surface area contributed by atoms with Crippen molar-refractivity contribution in [3.63, 3.8) is 0 Å². The molecule has 0 aromatic heterocycles. The van der Waals surface area contributed by atoms with Gasteiger partial charge in [-0.25, -0.2) is 4.79 Å². The number of ether oxygens (including phenoxy) is 2. The van der Waals surface area contributed by atoms with Gasteiger partial charge >= 0.3 is 5.97 Å². The third-order valence-corrected chi connectivity index (χ3v) is 22.2. The van der Waals surface area contributed by atoms with Crippen LogP contribution in [0.3, 0.4) is 0 Å². The molecule has 5 atom stereocenters. The number of rotatable bonds is 16. The Labute approximate surface area is 313 Å². The quantitative estimate of drug-likeness (QED) is 0.105. The molecule has 0 saturated heterocycles. The highest BCUT2D eigenvalue weighted by atomic mass is 28.4. The first-order chi connectivity index (χ1) is 23.6. The molecule has 286 valence electrons. The molecule has 8 heteroatoms. The van der Waals surface area contributed by atoms with Gasteiger partial charge in [-0.15, -0.1) is 0 Å². The van der Waals surface area contributed by atoms with Crippen LogP contribution in [-0.4, -0.2) is 47.0 Å². The van der Waals surface area contributed by atoms with Crippen molar-refractivity contribution in [1.29, 1.82) is 0 Å². The normalized spacial score (nSPS) is 24.5. The summed E-state index contributed by atoms with van der Waals surface area (Å²) in [6.07, 6.45) is 9.54. The van der Waals surface area contributed by atoms with Crippen LogP contribution in [0.1, 0.15) is 117 Å². The molecule has 0 amide bonds. The fraction of sp³-hybridized carbons (Fsp3) is 0.698. The maximum absolute atomic E-state index is 12.7. The summed E-state index contributed by atoms with van der Waals surface area (Å²) in [5, 5.41) is 0.262. The average Bonchev–Trinajstić information content (AvgIpc) is 3.23. The monoisotopic (exact) mass is 737 g/mol. The lowest BCUT2D eigenvalue weighted by atomic mass is 9.60. The Balaban J connectivity index is 1.60. The van der Waals surface area contributed by atoms with E-state index in [2.05, 4.69) is 87.6 Å². The Kier molecular flexibility index (Phi) is 13.2. The number of hydrogen-bond acceptors (Lipinski definition) is 6. The number of benzene rings is 2. The number of carbonyl (C=O) groups excluding carboxylic acids is 1. The van der Waals surface area contributed by atoms with Gasteiger partial charge in [0.2, 0.25) is 0 Å². The third kappa shape index (κ3) is 9.77. The predicted octanol–water partition coefficient (Wildman–Crippen LogP) is 10.8. The van der Waals surface area contributed by atoms with Crippen molar-refractivity contribution >= 4 is 22.6 Å². The summed E-state index contributed by atoms with van der Waals surface area (Å²) in [6.45, 7) is 28.3. The van der Waals surface area contributed by atoms with Gasteiger partial charge in [0.25, 0.3) is 0 Å². The van der Waals surface area contributed by atoms with Crippen molar-refractivity contribution in [2.75, 3.05) is 6.61 Å². The van der Waals surface area contributed by atoms with Crippen LogP contribution >= 0.6 is 0 Å². The van der Waals surface area contributed by atoms with Crippen LogP contribution in [0.4, 0.5) is 0 Å². The van der Waals surface area contributed by atoms with E-state index in [1.165, 1.54) is 30.4 Å². The molecule has 0 heterocycles. The zero-order valence-electron chi connectivity index (χ0n) is 34.2. The van der Waals surface area contributed by atoms with E-state index in [9.17, 15) is 4.79 Å². The van der Waals surface area contributed by atoms with Crippen molar-refractivity contribution in [3.05, 3.63) is 65.2 Å². The molecule has 2 aliphatic rings. The van der Waals surface area contributed by atoms with E-state index in [0.29, 0.717) is 0 Å². The highest BCUT2D eigenvalue weighted by Gasteiger charge is 2.62. The fourth-order valence-electron chi connectivity index (χ4n) is 7.84. The largest absolute Gasteiger partial charge is 0.482 e. The third-order valence-electron chi connectivity index (χ3n) is 13.2. The Morgan fingerprint density at radius 2 is 1.57 bits per heavy atom. The van der Waals surface area contributed by atoms with E-state index in [1.807, 2.05) is 42.5 Å². The first kappa shape index (κ1) is 41.8. The number of hydrogen-bond donors (Lipinski definition) is 1. The lowest BCUT2D eigenvalue weighted by molar-refractivity contribution is -0.147. The lowest BCUT2D eigenvalue weighted by Gasteiger charge is -2.49. The van der Waals surface area contributed by atoms with E-state index >= 15 is 0 Å². The predicted molar refractivity (Wildman–Crippen MR) is 216 cm³/mol. The van der Waals surface area contributed by atoms with Crippen molar-refractivity contribution in [3.8, 4) is 5.75 Å². The molecule has 2 aromatic carbocycles. The topological polar surface area (TPSA) is 80.0 Å². The Hall–Kier alpha value is -1.98. The number of unbranched alkanes of at least 4 members (excludes halogenated alkanes) is 2. The van der Waals surface area contributed by atoms with Gasteiger partial charge in [-0.3, -0.25) is 0 Å². The van der Waals surface area contributed by atoms with Crippen molar-refractivity contribution in [1.82, 2.24) is 0 Å². The first-order valence-electron chi connectivity index (χ1n) is 19.7. The fourth-order valence-corrected chi connectivity index (χ4v) is 10.6. The van der Waals surface area contributed by atoms with Gasteiger partial charge in [-0.2, -0.15) is 0 Å². The summed E-state index contributed by atoms with van der Waals surface area (Å²) >= 11 is 0. The van der Waals surface area contributed by atoms with Gasteiger partial charge in [0.05, 0.1) is 6.10 Å². The second kappa shape index (κ2) is 16.2. The number of nitrogens with two attached hydrogens (primary N) is 1. The minimum absolute atomic E-state index is 0.0803. The van der Waals surface area contributed by atoms with Crippen molar-refractivity contribution in [2.45, 2.75) is 174 Å². The van der Waals surface area contributed by atoms with E-state index in [4.69, 9.17) is 24.1 Å². The number of esters is 1. The summed E-state index contributed by atoms with van der Waals surface area (Å²) < 4.78 is 26.3. The maximum atomic E-state index is 12.7. The molecule has 51 heavy (non-hydrogen) atoms. The first-order valence-corrected chi connectivity index (χ1v) is 25.5. The van der Waals surface area contributed by atoms with Crippen molar-refractivity contribution < 1.29 is 23.1 Å². The summed E-state index contributed by atoms with van der Waals surface area (Å²) in [7, 11) is -4.04. The number of carbonyl (C=O) groups is 1. The van der Waals surface area contributed by atoms with Gasteiger partial charge in [0.15, 0.2) is 23.2 Å². The van der Waals surface area contributed by atoms with Gasteiger partial charge < -0.3 is 24.1 Å². The van der Waals surface area contributed by atoms with E-state index in [0.717, 1.165) is 49.8 Å². The van der Waals surface area contributed by atoms with Crippen molar-refractivity contribution in [2.24, 2.45) is 17.1 Å². The van der Waals surface area contributed by atoms with Crippen LogP contribution in [0.5, 0.6) is 5.75 Å². The van der Waals surface area contributed by atoms with Crippen LogP contribution in [0.15, 0.2) is 48.5 Å². The molecule has 2 aliphatic carbocycles. The molecular weight excluding hydrogens is 667 g/mol. The second-order valence-corrected chi connectivity index (χ2v) is 28.6. The molecule has 1 fully saturated rings. The Morgan fingerprint density at radius 1 is 0.902 bits per heavy atom. The summed E-state index contributed by atoms with van der Waals surface area (Å²) in [5.41, 5.74) is 10.6. The van der Waals surface area contributed by atoms with E-state index in [-0.39, 0.29) is 52.8 Å². The molecule has 6 nitrogen and oxygen atoms in total. The minimum atomic E-state index is -2.09. The lowest BCUT2D eigenvalue weighted by Crippen LogP contribution is -2.60. The molecule has 2 N–H and O–H groups in total. The number of fused-ring (bicyclic) bond motifs is 2. The minimum Gasteiger partial charge on any atom is -0.482 e. The summed E-state index contributed by atoms with van der Waals surface area (Å²) in [4.78, 5) is 12.7. The van der Waals surface area contributed by atoms with Crippen LogP contribution in [0.2, 0.25) is 36.3 Å². The molecular formula is C43H71NO5Si2.